The second kappa shape index (κ2) is 5.05. The molecule has 6 heteroatoms. The van der Waals surface area contributed by atoms with E-state index in [1.54, 1.807) is 29.8 Å². The number of pyridine rings is 1. The summed E-state index contributed by atoms with van der Waals surface area (Å²) in [7, 11) is 3.39. The zero-order valence-corrected chi connectivity index (χ0v) is 10.3. The molecule has 2 aromatic heterocycles. The van der Waals surface area contributed by atoms with Gasteiger partial charge in [-0.3, -0.25) is 0 Å². The molecule has 0 unspecified atom stereocenters. The lowest BCUT2D eigenvalue weighted by Gasteiger charge is -2.03. The maximum Gasteiger partial charge on any atom is 0.356 e. The highest BCUT2D eigenvalue weighted by molar-refractivity contribution is 5.94. The van der Waals surface area contributed by atoms with Gasteiger partial charge in [-0.25, -0.2) is 9.78 Å². The number of likely N-dealkylation sites (N-methyl/N-ethyl adjacent to an activating group) is 1. The second-order valence-corrected chi connectivity index (χ2v) is 3.86. The van der Waals surface area contributed by atoms with E-state index < -0.39 is 5.97 Å². The van der Waals surface area contributed by atoms with Crippen LogP contribution in [-0.2, 0) is 6.42 Å². The van der Waals surface area contributed by atoms with Gasteiger partial charge in [0.15, 0.2) is 5.69 Å². The van der Waals surface area contributed by atoms with Crippen molar-refractivity contribution in [3.05, 3.63) is 29.8 Å². The van der Waals surface area contributed by atoms with Crippen molar-refractivity contribution in [1.29, 1.82) is 0 Å². The number of carbonyl (C=O) groups is 1. The summed E-state index contributed by atoms with van der Waals surface area (Å²) in [6.45, 7) is 0.740. The highest BCUT2D eigenvalue weighted by Crippen LogP contribution is 2.19. The van der Waals surface area contributed by atoms with Gasteiger partial charge in [-0.1, -0.05) is 0 Å². The number of carboxylic acid groups (broad SMARTS) is 1. The molecular formula is C12H15N3O3. The van der Waals surface area contributed by atoms with E-state index in [-0.39, 0.29) is 5.69 Å². The zero-order chi connectivity index (χ0) is 13.1. The van der Waals surface area contributed by atoms with Gasteiger partial charge in [0, 0.05) is 25.2 Å². The number of rotatable bonds is 5. The van der Waals surface area contributed by atoms with Crippen molar-refractivity contribution >= 4 is 11.5 Å². The second-order valence-electron chi connectivity index (χ2n) is 3.86. The summed E-state index contributed by atoms with van der Waals surface area (Å²) in [5.41, 5.74) is 0.605. The van der Waals surface area contributed by atoms with Crippen molar-refractivity contribution < 1.29 is 14.6 Å². The SMILES string of the molecule is CNCCc1nc(C(=O)O)c2cc(OC)ccn12. The number of aromatic nitrogens is 2. The highest BCUT2D eigenvalue weighted by Gasteiger charge is 2.16. The smallest absolute Gasteiger partial charge is 0.356 e. The molecule has 96 valence electrons. The molecule has 0 fully saturated rings. The van der Waals surface area contributed by atoms with E-state index in [4.69, 9.17) is 9.84 Å². The van der Waals surface area contributed by atoms with E-state index in [1.165, 1.54) is 0 Å². The molecule has 0 radical (unpaired) electrons. The number of carboxylic acids is 1. The minimum atomic E-state index is -1.03. The van der Waals surface area contributed by atoms with Gasteiger partial charge in [0.2, 0.25) is 0 Å². The van der Waals surface area contributed by atoms with Crippen LogP contribution < -0.4 is 10.1 Å². The van der Waals surface area contributed by atoms with Gasteiger partial charge in [-0.15, -0.1) is 0 Å². The minimum absolute atomic E-state index is 0.0556. The van der Waals surface area contributed by atoms with E-state index in [2.05, 4.69) is 10.3 Å². The Morgan fingerprint density at radius 3 is 3.00 bits per heavy atom. The van der Waals surface area contributed by atoms with Crippen molar-refractivity contribution in [3.63, 3.8) is 0 Å². The number of fused-ring (bicyclic) bond motifs is 1. The van der Waals surface area contributed by atoms with Crippen LogP contribution in [-0.4, -0.2) is 41.2 Å². The van der Waals surface area contributed by atoms with Gasteiger partial charge in [0.05, 0.1) is 12.6 Å². The number of methoxy groups -OCH3 is 1. The summed E-state index contributed by atoms with van der Waals surface area (Å²) in [5.74, 6) is 0.306. The number of aromatic carboxylic acids is 1. The Bertz CT molecular complexity index is 577. The van der Waals surface area contributed by atoms with Gasteiger partial charge in [0.25, 0.3) is 0 Å². The average Bonchev–Trinajstić information content (AvgIpc) is 2.74. The van der Waals surface area contributed by atoms with Crippen LogP contribution in [0.1, 0.15) is 16.3 Å². The van der Waals surface area contributed by atoms with Crippen molar-refractivity contribution in [2.45, 2.75) is 6.42 Å². The average molecular weight is 249 g/mol. The largest absolute Gasteiger partial charge is 0.497 e. The van der Waals surface area contributed by atoms with Gasteiger partial charge >= 0.3 is 5.97 Å². The number of hydrogen-bond donors (Lipinski definition) is 2. The normalized spacial score (nSPS) is 10.8. The molecule has 0 saturated carbocycles. The standard InChI is InChI=1S/C12H15N3O3/c1-13-5-3-10-14-11(12(16)17)9-7-8(18-2)4-6-15(9)10/h4,6-7,13H,3,5H2,1-2H3,(H,16,17). The fourth-order valence-corrected chi connectivity index (χ4v) is 1.83. The predicted octanol–water partition coefficient (Wildman–Crippen LogP) is 0.803. The number of ether oxygens (including phenoxy) is 1. The number of hydrogen-bond acceptors (Lipinski definition) is 4. The molecule has 0 saturated heterocycles. The third kappa shape index (κ3) is 2.14. The third-order valence-corrected chi connectivity index (χ3v) is 2.72. The quantitative estimate of drug-likeness (QED) is 0.819. The lowest BCUT2D eigenvalue weighted by atomic mass is 10.3. The molecule has 0 amide bonds. The molecule has 0 atom stereocenters. The molecule has 2 rings (SSSR count). The Labute approximate surface area is 104 Å². The summed E-state index contributed by atoms with van der Waals surface area (Å²) in [4.78, 5) is 15.3. The van der Waals surface area contributed by atoms with Crippen molar-refractivity contribution in [2.75, 3.05) is 20.7 Å². The molecule has 0 bridgehead atoms. The molecule has 0 aliphatic rings. The molecule has 2 N–H and O–H groups in total. The maximum absolute atomic E-state index is 11.2. The van der Waals surface area contributed by atoms with Crippen LogP contribution in [0, 0.1) is 0 Å². The maximum atomic E-state index is 11.2. The monoisotopic (exact) mass is 249 g/mol. The molecular weight excluding hydrogens is 234 g/mol. The number of imidazole rings is 1. The molecule has 6 nitrogen and oxygen atoms in total. The Morgan fingerprint density at radius 2 is 2.39 bits per heavy atom. The predicted molar refractivity (Wildman–Crippen MR) is 66.3 cm³/mol. The van der Waals surface area contributed by atoms with Gasteiger partial charge < -0.3 is 19.6 Å². The highest BCUT2D eigenvalue weighted by atomic mass is 16.5. The first kappa shape index (κ1) is 12.4. The molecule has 2 aromatic rings. The lowest BCUT2D eigenvalue weighted by Crippen LogP contribution is -2.12. The van der Waals surface area contributed by atoms with E-state index in [9.17, 15) is 4.79 Å². The van der Waals surface area contributed by atoms with Crippen molar-refractivity contribution in [3.8, 4) is 5.75 Å². The van der Waals surface area contributed by atoms with E-state index in [1.807, 2.05) is 7.05 Å². The van der Waals surface area contributed by atoms with Crippen LogP contribution in [0.15, 0.2) is 18.3 Å². The first-order valence-electron chi connectivity index (χ1n) is 5.60. The number of nitrogens with one attached hydrogen (secondary N) is 1. The Hall–Kier alpha value is -2.08. The molecule has 0 spiro atoms. The van der Waals surface area contributed by atoms with Crippen LogP contribution in [0.25, 0.3) is 5.52 Å². The van der Waals surface area contributed by atoms with Gasteiger partial charge in [-0.05, 0) is 13.1 Å². The third-order valence-electron chi connectivity index (χ3n) is 2.72. The van der Waals surface area contributed by atoms with Gasteiger partial charge in [-0.2, -0.15) is 0 Å². The summed E-state index contributed by atoms with van der Waals surface area (Å²) in [5, 5.41) is 12.2. The Morgan fingerprint density at radius 1 is 1.61 bits per heavy atom. The lowest BCUT2D eigenvalue weighted by molar-refractivity contribution is 0.0693. The Kier molecular flexibility index (Phi) is 3.47. The van der Waals surface area contributed by atoms with Crippen LogP contribution in [0.3, 0.4) is 0 Å². The minimum Gasteiger partial charge on any atom is -0.497 e. The van der Waals surface area contributed by atoms with E-state index >= 15 is 0 Å². The van der Waals surface area contributed by atoms with Crippen LogP contribution in [0.5, 0.6) is 5.75 Å². The van der Waals surface area contributed by atoms with Crippen LogP contribution in [0.4, 0.5) is 0 Å². The topological polar surface area (TPSA) is 75.9 Å². The van der Waals surface area contributed by atoms with Crippen molar-refractivity contribution in [2.24, 2.45) is 0 Å². The van der Waals surface area contributed by atoms with E-state index in [0.717, 1.165) is 12.4 Å². The summed E-state index contributed by atoms with van der Waals surface area (Å²) >= 11 is 0. The molecule has 18 heavy (non-hydrogen) atoms. The number of nitrogens with zero attached hydrogens (tertiary/aromatic N) is 2. The van der Waals surface area contributed by atoms with Crippen molar-refractivity contribution in [1.82, 2.24) is 14.7 Å². The Balaban J connectivity index is 2.56. The van der Waals surface area contributed by atoms with Gasteiger partial charge in [0.1, 0.15) is 11.6 Å². The first-order valence-corrected chi connectivity index (χ1v) is 5.60. The summed E-state index contributed by atoms with van der Waals surface area (Å²) < 4.78 is 6.88. The zero-order valence-electron chi connectivity index (χ0n) is 10.3. The molecule has 0 aliphatic carbocycles. The van der Waals surface area contributed by atoms with Crippen LogP contribution in [0.2, 0.25) is 0 Å². The first-order chi connectivity index (χ1) is 8.67. The fraction of sp³-hybridized carbons (Fsp3) is 0.333. The van der Waals surface area contributed by atoms with E-state index in [0.29, 0.717) is 17.7 Å². The molecule has 0 aliphatic heterocycles. The summed E-state index contributed by atoms with van der Waals surface area (Å²) in [6, 6.07) is 3.46. The summed E-state index contributed by atoms with van der Waals surface area (Å²) in [6.07, 6.45) is 2.44. The molecule has 0 aromatic carbocycles. The fourth-order valence-electron chi connectivity index (χ4n) is 1.83. The van der Waals surface area contributed by atoms with Crippen LogP contribution >= 0.6 is 0 Å². The molecule has 2 heterocycles.